The molecule has 1 saturated heterocycles. The number of aryl methyl sites for hydroxylation is 1. The number of carbonyl (C=O) groups is 2. The van der Waals surface area contributed by atoms with E-state index in [1.165, 1.54) is 0 Å². The third kappa shape index (κ3) is 3.03. The summed E-state index contributed by atoms with van der Waals surface area (Å²) in [5.41, 5.74) is 1.62. The number of nitrogens with zero attached hydrogens (tertiary/aromatic N) is 1. The van der Waals surface area contributed by atoms with Crippen molar-refractivity contribution in [1.82, 2.24) is 4.90 Å². The molecule has 1 aromatic carbocycles. The molecule has 5 heteroatoms. The molecule has 1 fully saturated rings. The third-order valence-electron chi connectivity index (χ3n) is 3.48. The van der Waals surface area contributed by atoms with Gasteiger partial charge < -0.3 is 9.64 Å². The molecule has 1 amide bonds. The van der Waals surface area contributed by atoms with Crippen molar-refractivity contribution in [2.75, 3.05) is 13.2 Å². The number of halogens is 1. The zero-order valence-electron chi connectivity index (χ0n) is 11.7. The summed E-state index contributed by atoms with van der Waals surface area (Å²) in [4.78, 5) is 26.0. The van der Waals surface area contributed by atoms with E-state index in [4.69, 9.17) is 4.74 Å². The Labute approximate surface area is 127 Å². The number of ether oxygens (including phenoxy) is 1. The molecule has 0 bridgehead atoms. The second-order valence-corrected chi connectivity index (χ2v) is 5.73. The number of likely N-dealkylation sites (tertiary alicyclic amines) is 1. The Morgan fingerprint density at radius 2 is 2.20 bits per heavy atom. The Bertz CT molecular complexity index is 530. The average molecular weight is 340 g/mol. The van der Waals surface area contributed by atoms with Crippen molar-refractivity contribution in [1.29, 1.82) is 0 Å². The lowest BCUT2D eigenvalue weighted by Crippen LogP contribution is -2.41. The van der Waals surface area contributed by atoms with Crippen molar-refractivity contribution in [2.45, 2.75) is 32.7 Å². The largest absolute Gasteiger partial charge is 0.464 e. The summed E-state index contributed by atoms with van der Waals surface area (Å²) >= 11 is 3.42. The van der Waals surface area contributed by atoms with Crippen LogP contribution in [0.25, 0.3) is 0 Å². The zero-order chi connectivity index (χ0) is 14.7. The number of carbonyl (C=O) groups excluding carboxylic acids is 2. The number of benzene rings is 1. The molecule has 0 spiro atoms. The van der Waals surface area contributed by atoms with Crippen LogP contribution in [-0.2, 0) is 9.53 Å². The number of hydrogen-bond acceptors (Lipinski definition) is 3. The first kappa shape index (κ1) is 15.0. The number of hydrogen-bond donors (Lipinski definition) is 0. The molecule has 108 valence electrons. The lowest BCUT2D eigenvalue weighted by molar-refractivity contribution is -0.147. The molecule has 4 nitrogen and oxygen atoms in total. The molecule has 1 heterocycles. The lowest BCUT2D eigenvalue weighted by atomic mass is 10.1. The first-order valence-electron chi connectivity index (χ1n) is 6.78. The quantitative estimate of drug-likeness (QED) is 0.795. The summed E-state index contributed by atoms with van der Waals surface area (Å²) < 4.78 is 6.01. The molecular formula is C15H18BrNO3. The zero-order valence-corrected chi connectivity index (χ0v) is 13.3. The predicted molar refractivity (Wildman–Crippen MR) is 79.6 cm³/mol. The van der Waals surface area contributed by atoms with Crippen LogP contribution < -0.4 is 0 Å². The number of rotatable bonds is 3. The van der Waals surface area contributed by atoms with Gasteiger partial charge in [0.05, 0.1) is 6.61 Å². The van der Waals surface area contributed by atoms with Gasteiger partial charge in [-0.15, -0.1) is 0 Å². The Balaban J connectivity index is 2.18. The maximum atomic E-state index is 12.5. The van der Waals surface area contributed by atoms with E-state index in [1.54, 1.807) is 17.9 Å². The van der Waals surface area contributed by atoms with Crippen LogP contribution >= 0.6 is 15.9 Å². The van der Waals surface area contributed by atoms with Gasteiger partial charge in [-0.25, -0.2) is 4.79 Å². The molecular weight excluding hydrogens is 322 g/mol. The van der Waals surface area contributed by atoms with Gasteiger partial charge in [-0.2, -0.15) is 0 Å². The highest BCUT2D eigenvalue weighted by molar-refractivity contribution is 9.10. The van der Waals surface area contributed by atoms with Gasteiger partial charge in [-0.05, 0) is 50.5 Å². The summed E-state index contributed by atoms with van der Waals surface area (Å²) in [6.07, 6.45) is 1.52. The van der Waals surface area contributed by atoms with Crippen molar-refractivity contribution in [3.05, 3.63) is 33.8 Å². The minimum Gasteiger partial charge on any atom is -0.464 e. The van der Waals surface area contributed by atoms with Gasteiger partial charge in [0.2, 0.25) is 0 Å². The first-order chi connectivity index (χ1) is 9.54. The van der Waals surface area contributed by atoms with Crippen LogP contribution in [0, 0.1) is 6.92 Å². The Morgan fingerprint density at radius 3 is 2.85 bits per heavy atom. The SMILES string of the molecule is CCOC(=O)C1CCCN1C(=O)c1ccc(Br)c(C)c1. The van der Waals surface area contributed by atoms with Gasteiger partial charge in [0.25, 0.3) is 5.91 Å². The van der Waals surface area contributed by atoms with E-state index >= 15 is 0 Å². The van der Waals surface area contributed by atoms with Crippen LogP contribution in [0.1, 0.15) is 35.7 Å². The van der Waals surface area contributed by atoms with E-state index in [-0.39, 0.29) is 11.9 Å². The summed E-state index contributed by atoms with van der Waals surface area (Å²) in [5, 5.41) is 0. The molecule has 1 aliphatic rings. The molecule has 1 aliphatic heterocycles. The smallest absolute Gasteiger partial charge is 0.328 e. The van der Waals surface area contributed by atoms with Gasteiger partial charge in [0, 0.05) is 16.6 Å². The van der Waals surface area contributed by atoms with Crippen molar-refractivity contribution in [2.24, 2.45) is 0 Å². The van der Waals surface area contributed by atoms with Gasteiger partial charge in [-0.3, -0.25) is 4.79 Å². The number of esters is 1. The van der Waals surface area contributed by atoms with Gasteiger partial charge in [0.15, 0.2) is 0 Å². The van der Waals surface area contributed by atoms with Crippen molar-refractivity contribution in [3.63, 3.8) is 0 Å². The molecule has 0 aliphatic carbocycles. The molecule has 0 saturated carbocycles. The van der Waals surface area contributed by atoms with E-state index in [0.717, 1.165) is 16.5 Å². The van der Waals surface area contributed by atoms with E-state index in [1.807, 2.05) is 19.1 Å². The van der Waals surface area contributed by atoms with Crippen LogP contribution in [-0.4, -0.2) is 36.0 Å². The number of amides is 1. The highest BCUT2D eigenvalue weighted by Gasteiger charge is 2.35. The Kier molecular flexibility index (Phi) is 4.81. The summed E-state index contributed by atoms with van der Waals surface area (Å²) in [6.45, 7) is 4.66. The molecule has 0 N–H and O–H groups in total. The molecule has 1 atom stereocenters. The summed E-state index contributed by atoms with van der Waals surface area (Å²) in [6, 6.07) is 5.04. The summed E-state index contributed by atoms with van der Waals surface area (Å²) in [7, 11) is 0. The van der Waals surface area contributed by atoms with Gasteiger partial charge in [-0.1, -0.05) is 15.9 Å². The van der Waals surface area contributed by atoms with Crippen molar-refractivity contribution < 1.29 is 14.3 Å². The fourth-order valence-corrected chi connectivity index (χ4v) is 2.68. The average Bonchev–Trinajstić information content (AvgIpc) is 2.90. The van der Waals surface area contributed by atoms with Crippen LogP contribution in [0.2, 0.25) is 0 Å². The Hall–Kier alpha value is -1.36. The maximum Gasteiger partial charge on any atom is 0.328 e. The van der Waals surface area contributed by atoms with Crippen LogP contribution in [0.15, 0.2) is 22.7 Å². The highest BCUT2D eigenvalue weighted by Crippen LogP contribution is 2.23. The van der Waals surface area contributed by atoms with Crippen molar-refractivity contribution in [3.8, 4) is 0 Å². The molecule has 0 aromatic heterocycles. The van der Waals surface area contributed by atoms with E-state index in [0.29, 0.717) is 25.1 Å². The maximum absolute atomic E-state index is 12.5. The fourth-order valence-electron chi connectivity index (χ4n) is 2.44. The lowest BCUT2D eigenvalue weighted by Gasteiger charge is -2.23. The monoisotopic (exact) mass is 339 g/mol. The van der Waals surface area contributed by atoms with Crippen LogP contribution in [0.4, 0.5) is 0 Å². The van der Waals surface area contributed by atoms with Crippen LogP contribution in [0.5, 0.6) is 0 Å². The highest BCUT2D eigenvalue weighted by atomic mass is 79.9. The second kappa shape index (κ2) is 6.39. The molecule has 0 radical (unpaired) electrons. The van der Waals surface area contributed by atoms with Gasteiger partial charge in [0.1, 0.15) is 6.04 Å². The minimum atomic E-state index is -0.439. The molecule has 20 heavy (non-hydrogen) atoms. The van der Waals surface area contributed by atoms with Gasteiger partial charge >= 0.3 is 5.97 Å². The topological polar surface area (TPSA) is 46.6 Å². The second-order valence-electron chi connectivity index (χ2n) is 4.87. The minimum absolute atomic E-state index is 0.101. The normalized spacial score (nSPS) is 18.1. The van der Waals surface area contributed by atoms with E-state index in [9.17, 15) is 9.59 Å². The summed E-state index contributed by atoms with van der Waals surface area (Å²) in [5.74, 6) is -0.400. The molecule has 2 rings (SSSR count). The van der Waals surface area contributed by atoms with E-state index < -0.39 is 6.04 Å². The fraction of sp³-hybridized carbons (Fsp3) is 0.467. The Morgan fingerprint density at radius 1 is 1.45 bits per heavy atom. The molecule has 1 unspecified atom stereocenters. The standard InChI is InChI=1S/C15H18BrNO3/c1-3-20-15(19)13-5-4-8-17(13)14(18)11-6-7-12(16)10(2)9-11/h6-7,9,13H,3-5,8H2,1-2H3. The molecule has 1 aromatic rings. The first-order valence-corrected chi connectivity index (χ1v) is 7.57. The van der Waals surface area contributed by atoms with E-state index in [2.05, 4.69) is 15.9 Å². The van der Waals surface area contributed by atoms with Crippen molar-refractivity contribution >= 4 is 27.8 Å². The third-order valence-corrected chi connectivity index (χ3v) is 4.37. The van der Waals surface area contributed by atoms with Crippen LogP contribution in [0.3, 0.4) is 0 Å². The predicted octanol–water partition coefficient (Wildman–Crippen LogP) is 2.93.